The molecule has 3 aromatic rings. The van der Waals surface area contributed by atoms with Crippen molar-refractivity contribution in [3.8, 4) is 5.69 Å². The van der Waals surface area contributed by atoms with Crippen molar-refractivity contribution in [3.05, 3.63) is 54.6 Å². The molecule has 3 rings (SSSR count). The molecule has 0 aliphatic rings. The number of hydrogen-bond donors (Lipinski definition) is 1. The van der Waals surface area contributed by atoms with E-state index in [4.69, 9.17) is 0 Å². The second kappa shape index (κ2) is 7.03. The molecular formula is C16H19N7O. The lowest BCUT2D eigenvalue weighted by Gasteiger charge is -2.10. The molecule has 1 N–H and O–H groups in total. The molecule has 0 radical (unpaired) electrons. The van der Waals surface area contributed by atoms with Gasteiger partial charge >= 0.3 is 0 Å². The number of amides is 1. The van der Waals surface area contributed by atoms with Crippen molar-refractivity contribution in [1.82, 2.24) is 34.8 Å². The van der Waals surface area contributed by atoms with E-state index < -0.39 is 0 Å². The van der Waals surface area contributed by atoms with Gasteiger partial charge in [0.05, 0.1) is 0 Å². The first-order chi connectivity index (χ1) is 11.6. The van der Waals surface area contributed by atoms with E-state index in [0.29, 0.717) is 24.6 Å². The van der Waals surface area contributed by atoms with E-state index in [0.717, 1.165) is 11.5 Å². The Morgan fingerprint density at radius 1 is 1.17 bits per heavy atom. The average Bonchev–Trinajstić information content (AvgIpc) is 3.26. The Morgan fingerprint density at radius 3 is 2.71 bits per heavy atom. The van der Waals surface area contributed by atoms with Crippen LogP contribution in [0.1, 0.15) is 36.1 Å². The lowest BCUT2D eigenvalue weighted by atomic mass is 10.2. The number of benzene rings is 1. The minimum Gasteiger partial charge on any atom is -0.352 e. The van der Waals surface area contributed by atoms with Gasteiger partial charge in [0.25, 0.3) is 5.91 Å². The summed E-state index contributed by atoms with van der Waals surface area (Å²) in [6.45, 7) is 4.64. The monoisotopic (exact) mass is 325 g/mol. The molecule has 0 aliphatic heterocycles. The number of carbonyl (C=O) groups is 1. The lowest BCUT2D eigenvalue weighted by molar-refractivity contribution is 0.0954. The van der Waals surface area contributed by atoms with Gasteiger partial charge in [0.1, 0.15) is 24.8 Å². The molecule has 0 saturated carbocycles. The van der Waals surface area contributed by atoms with Crippen molar-refractivity contribution >= 4 is 5.91 Å². The van der Waals surface area contributed by atoms with Gasteiger partial charge < -0.3 is 9.88 Å². The highest BCUT2D eigenvalue weighted by Gasteiger charge is 2.10. The molecule has 0 unspecified atom stereocenters. The minimum atomic E-state index is -0.125. The predicted octanol–water partition coefficient (Wildman–Crippen LogP) is 1.41. The van der Waals surface area contributed by atoms with E-state index in [2.05, 4.69) is 39.6 Å². The Labute approximate surface area is 139 Å². The van der Waals surface area contributed by atoms with Crippen LogP contribution in [0, 0.1) is 0 Å². The van der Waals surface area contributed by atoms with Crippen LogP contribution in [0.5, 0.6) is 0 Å². The van der Waals surface area contributed by atoms with E-state index in [9.17, 15) is 4.79 Å². The third kappa shape index (κ3) is 3.48. The molecule has 8 nitrogen and oxygen atoms in total. The summed E-state index contributed by atoms with van der Waals surface area (Å²) in [6.07, 6.45) is 5.53. The van der Waals surface area contributed by atoms with Crippen molar-refractivity contribution in [2.75, 3.05) is 6.54 Å². The van der Waals surface area contributed by atoms with E-state index >= 15 is 0 Å². The molecule has 124 valence electrons. The molecule has 8 heteroatoms. The van der Waals surface area contributed by atoms with Crippen molar-refractivity contribution in [3.63, 3.8) is 0 Å². The average molecular weight is 325 g/mol. The third-order valence-corrected chi connectivity index (χ3v) is 3.66. The Morgan fingerprint density at radius 2 is 1.96 bits per heavy atom. The van der Waals surface area contributed by atoms with Crippen molar-refractivity contribution in [2.45, 2.75) is 26.3 Å². The molecule has 2 aromatic heterocycles. The predicted molar refractivity (Wildman–Crippen MR) is 87.8 cm³/mol. The highest BCUT2D eigenvalue weighted by atomic mass is 16.1. The molecule has 2 heterocycles. The lowest BCUT2D eigenvalue weighted by Crippen LogP contribution is -2.26. The molecule has 1 aromatic carbocycles. The smallest absolute Gasteiger partial charge is 0.251 e. The summed E-state index contributed by atoms with van der Waals surface area (Å²) in [5.41, 5.74) is 1.43. The molecule has 0 bridgehead atoms. The molecule has 0 spiro atoms. The first-order valence-electron chi connectivity index (χ1n) is 7.77. The zero-order chi connectivity index (χ0) is 16.9. The minimum absolute atomic E-state index is 0.125. The maximum Gasteiger partial charge on any atom is 0.251 e. The first kappa shape index (κ1) is 15.9. The van der Waals surface area contributed by atoms with Gasteiger partial charge in [0.2, 0.25) is 0 Å². The molecule has 0 aliphatic carbocycles. The van der Waals surface area contributed by atoms with Crippen LogP contribution in [-0.2, 0) is 6.42 Å². The number of rotatable bonds is 6. The molecule has 1 amide bonds. The number of aromatic nitrogens is 6. The van der Waals surface area contributed by atoms with Gasteiger partial charge in [-0.15, -0.1) is 20.4 Å². The Hall–Kier alpha value is -3.03. The van der Waals surface area contributed by atoms with Crippen molar-refractivity contribution in [2.24, 2.45) is 0 Å². The second-order valence-electron chi connectivity index (χ2n) is 5.67. The fourth-order valence-corrected chi connectivity index (χ4v) is 2.41. The zero-order valence-electron chi connectivity index (χ0n) is 13.6. The van der Waals surface area contributed by atoms with Crippen molar-refractivity contribution in [1.29, 1.82) is 0 Å². The SMILES string of the molecule is CC(C)n1cnnc1CCNC(=O)c1cccc(-n2cnnc2)c1. The summed E-state index contributed by atoms with van der Waals surface area (Å²) in [5.74, 6) is 0.740. The summed E-state index contributed by atoms with van der Waals surface area (Å²) >= 11 is 0. The van der Waals surface area contributed by atoms with Crippen LogP contribution in [0.15, 0.2) is 43.2 Å². The largest absolute Gasteiger partial charge is 0.352 e. The normalized spacial score (nSPS) is 11.0. The maximum absolute atomic E-state index is 12.3. The zero-order valence-corrected chi connectivity index (χ0v) is 13.6. The van der Waals surface area contributed by atoms with Crippen LogP contribution in [0.4, 0.5) is 0 Å². The molecule has 0 atom stereocenters. The van der Waals surface area contributed by atoms with Crippen LogP contribution in [-0.4, -0.2) is 42.0 Å². The molecule has 0 fully saturated rings. The van der Waals surface area contributed by atoms with Gasteiger partial charge in [0, 0.05) is 30.3 Å². The highest BCUT2D eigenvalue weighted by Crippen LogP contribution is 2.10. The van der Waals surface area contributed by atoms with Gasteiger partial charge in [-0.3, -0.25) is 9.36 Å². The standard InChI is InChI=1S/C16H19N7O/c1-12(2)23-11-20-21-15(23)6-7-17-16(24)13-4-3-5-14(8-13)22-9-18-19-10-22/h3-5,8-12H,6-7H2,1-2H3,(H,17,24). The van der Waals surface area contributed by atoms with Crippen LogP contribution in [0.2, 0.25) is 0 Å². The fourth-order valence-electron chi connectivity index (χ4n) is 2.41. The fraction of sp³-hybridized carbons (Fsp3) is 0.312. The van der Waals surface area contributed by atoms with Crippen molar-refractivity contribution < 1.29 is 4.79 Å². The molecular weight excluding hydrogens is 306 g/mol. The Bertz CT molecular complexity index is 807. The Kier molecular flexibility index (Phi) is 4.64. The molecule has 0 saturated heterocycles. The van der Waals surface area contributed by atoms with E-state index in [1.165, 1.54) is 0 Å². The highest BCUT2D eigenvalue weighted by molar-refractivity contribution is 5.94. The quantitative estimate of drug-likeness (QED) is 0.740. The van der Waals surface area contributed by atoms with Gasteiger partial charge in [0.15, 0.2) is 0 Å². The van der Waals surface area contributed by atoms with Gasteiger partial charge in [-0.1, -0.05) is 6.07 Å². The van der Waals surface area contributed by atoms with Gasteiger partial charge in [-0.25, -0.2) is 0 Å². The van der Waals surface area contributed by atoms with Gasteiger partial charge in [-0.05, 0) is 32.0 Å². The van der Waals surface area contributed by atoms with Crippen LogP contribution >= 0.6 is 0 Å². The van der Waals surface area contributed by atoms with E-state index in [1.807, 2.05) is 16.7 Å². The number of carbonyl (C=O) groups excluding carboxylic acids is 1. The van der Waals surface area contributed by atoms with E-state index in [-0.39, 0.29) is 5.91 Å². The summed E-state index contributed by atoms with van der Waals surface area (Å²) < 4.78 is 3.75. The first-order valence-corrected chi connectivity index (χ1v) is 7.77. The number of hydrogen-bond acceptors (Lipinski definition) is 5. The Balaban J connectivity index is 1.61. The summed E-state index contributed by atoms with van der Waals surface area (Å²) in [4.78, 5) is 12.3. The number of nitrogens with one attached hydrogen (secondary N) is 1. The second-order valence-corrected chi connectivity index (χ2v) is 5.67. The maximum atomic E-state index is 12.3. The molecule has 24 heavy (non-hydrogen) atoms. The van der Waals surface area contributed by atoms with Gasteiger partial charge in [-0.2, -0.15) is 0 Å². The number of nitrogens with zero attached hydrogens (tertiary/aromatic N) is 6. The van der Waals surface area contributed by atoms with E-state index in [1.54, 1.807) is 35.7 Å². The summed E-state index contributed by atoms with van der Waals surface area (Å²) in [6, 6.07) is 7.60. The van der Waals surface area contributed by atoms with Crippen LogP contribution in [0.3, 0.4) is 0 Å². The van der Waals surface area contributed by atoms with Crippen LogP contribution < -0.4 is 5.32 Å². The van der Waals surface area contributed by atoms with Crippen LogP contribution in [0.25, 0.3) is 5.69 Å². The topological polar surface area (TPSA) is 90.5 Å². The summed E-state index contributed by atoms with van der Waals surface area (Å²) in [5, 5.41) is 18.5. The third-order valence-electron chi connectivity index (χ3n) is 3.66. The summed E-state index contributed by atoms with van der Waals surface area (Å²) in [7, 11) is 0.